The van der Waals surface area contributed by atoms with E-state index in [1.165, 1.54) is 19.3 Å². The molecule has 1 fully saturated rings. The minimum Gasteiger partial charge on any atom is -0.462 e. The van der Waals surface area contributed by atoms with Crippen molar-refractivity contribution in [1.29, 1.82) is 0 Å². The van der Waals surface area contributed by atoms with Crippen molar-refractivity contribution in [2.24, 2.45) is 0 Å². The fourth-order valence-electron chi connectivity index (χ4n) is 6.33. The number of hydrogen-bond acceptors (Lipinski definition) is 13. The van der Waals surface area contributed by atoms with E-state index in [1.54, 1.807) is 0 Å². The smallest absolute Gasteiger partial charge is 0.462 e. The molecule has 9 atom stereocenters. The van der Waals surface area contributed by atoms with Crippen LogP contribution in [0.4, 0.5) is 0 Å². The van der Waals surface area contributed by atoms with Gasteiger partial charge in [-0.3, -0.25) is 18.6 Å². The molecule has 14 nitrogen and oxygen atoms in total. The van der Waals surface area contributed by atoms with Crippen LogP contribution in [0, 0.1) is 0 Å². The molecule has 1 saturated carbocycles. The average molecular weight is 949 g/mol. The summed E-state index contributed by atoms with van der Waals surface area (Å²) in [6, 6.07) is 0. The Morgan fingerprint density at radius 2 is 0.970 bits per heavy atom. The van der Waals surface area contributed by atoms with E-state index in [4.69, 9.17) is 18.5 Å². The van der Waals surface area contributed by atoms with Crippen molar-refractivity contribution in [1.82, 2.24) is 0 Å². The topological polar surface area (TPSA) is 230 Å². The van der Waals surface area contributed by atoms with Crippen LogP contribution in [0.1, 0.15) is 136 Å². The van der Waals surface area contributed by atoms with Crippen LogP contribution in [0.3, 0.4) is 0 Å². The summed E-state index contributed by atoms with van der Waals surface area (Å²) in [5, 5.41) is 59.9. The zero-order valence-electron chi connectivity index (χ0n) is 39.3. The number of hydrogen-bond donors (Lipinski definition) is 7. The van der Waals surface area contributed by atoms with E-state index in [-0.39, 0.29) is 18.9 Å². The van der Waals surface area contributed by atoms with E-state index < -0.39 is 75.7 Å². The summed E-state index contributed by atoms with van der Waals surface area (Å²) in [6.07, 6.45) is 37.9. The van der Waals surface area contributed by atoms with Gasteiger partial charge in [0.25, 0.3) is 0 Å². The number of allylic oxidation sites excluding steroid dienone is 17. The molecule has 15 heteroatoms. The molecule has 0 amide bonds. The standard InChI is InChI=1S/C51H81O14P/c1-3-5-6-7-8-9-10-11-12-13-14-15-16-19-23-26-29-32-35-39-45(54)64-43(41-63-66(60,61)65-51-49(58)47(56)46(55)48(57)50(51)59)40-62-44(53)38-34-31-28-25-22-20-17-18-21-24-27-30-33-37-42(52)36-4-2/h8-9,11-12,14-15,17,19-21,23-25,28-30,32-33,42-43,46-52,55-59H,3-7,10,13,16,18,22,26-27,31,34-41H2,1-2H3,(H,60,61)/b9-8-,12-11-,15-14-,20-17-,23-19-,24-21-,28-25-,32-29-,33-30-/t42?,43-,46?,47-,48+,49-,50-,51?/m1/s1. The van der Waals surface area contributed by atoms with E-state index >= 15 is 0 Å². The maximum Gasteiger partial charge on any atom is 0.472 e. The van der Waals surface area contributed by atoms with E-state index in [1.807, 2.05) is 42.5 Å². The minimum absolute atomic E-state index is 0.0526. The maximum atomic E-state index is 12.8. The summed E-state index contributed by atoms with van der Waals surface area (Å²) < 4.78 is 33.4. The molecule has 1 rings (SSSR count). The lowest BCUT2D eigenvalue weighted by molar-refractivity contribution is -0.220. The Morgan fingerprint density at radius 3 is 1.45 bits per heavy atom. The number of aliphatic hydroxyl groups excluding tert-OH is 6. The second kappa shape index (κ2) is 39.5. The van der Waals surface area contributed by atoms with E-state index in [0.717, 1.165) is 57.8 Å². The Morgan fingerprint density at radius 1 is 0.530 bits per heavy atom. The van der Waals surface area contributed by atoms with Gasteiger partial charge in [0.15, 0.2) is 6.10 Å². The molecule has 374 valence electrons. The first kappa shape index (κ1) is 60.5. The molecular weight excluding hydrogens is 868 g/mol. The van der Waals surface area contributed by atoms with Crippen molar-refractivity contribution in [2.75, 3.05) is 13.2 Å². The number of ether oxygens (including phenoxy) is 2. The van der Waals surface area contributed by atoms with E-state index in [2.05, 4.69) is 80.7 Å². The lowest BCUT2D eigenvalue weighted by atomic mass is 9.85. The number of esters is 2. The second-order valence-corrected chi connectivity index (χ2v) is 17.5. The molecule has 0 radical (unpaired) electrons. The van der Waals surface area contributed by atoms with Gasteiger partial charge in [-0.05, 0) is 89.9 Å². The lowest BCUT2D eigenvalue weighted by Crippen LogP contribution is -2.64. The van der Waals surface area contributed by atoms with Gasteiger partial charge in [-0.25, -0.2) is 4.57 Å². The molecule has 0 saturated heterocycles. The molecule has 1 aliphatic carbocycles. The predicted octanol–water partition coefficient (Wildman–Crippen LogP) is 8.58. The first-order valence-corrected chi connectivity index (χ1v) is 25.3. The minimum atomic E-state index is -5.17. The SMILES string of the molecule is CCCCC/C=C\C/C=C\C/C=C\C/C=C\C/C=C\CCC(=O)O[C@H](COC(=O)CCC/C=C\C/C=C\C/C=C\C/C=C\CC(O)CCC)COP(=O)(O)OC1[C@H](O)[C@H](O)C(O)[C@H](O)[C@H]1O. The summed E-state index contributed by atoms with van der Waals surface area (Å²) in [5.41, 5.74) is 0. The summed E-state index contributed by atoms with van der Waals surface area (Å²) in [7, 11) is -5.17. The fraction of sp³-hybridized carbons (Fsp3) is 0.608. The number of unbranched alkanes of at least 4 members (excludes halogenated alkanes) is 4. The zero-order valence-corrected chi connectivity index (χ0v) is 40.2. The molecule has 66 heavy (non-hydrogen) atoms. The number of aliphatic hydroxyl groups is 6. The van der Waals surface area contributed by atoms with Crippen LogP contribution in [-0.2, 0) is 32.7 Å². The summed E-state index contributed by atoms with van der Waals surface area (Å²) >= 11 is 0. The Labute approximate surface area is 394 Å². The predicted molar refractivity (Wildman–Crippen MR) is 259 cm³/mol. The molecule has 0 aromatic carbocycles. The highest BCUT2D eigenvalue weighted by molar-refractivity contribution is 7.47. The van der Waals surface area contributed by atoms with Crippen LogP contribution in [0.15, 0.2) is 109 Å². The second-order valence-electron chi connectivity index (χ2n) is 16.1. The summed E-state index contributed by atoms with van der Waals surface area (Å²) in [5.74, 6) is -1.29. The van der Waals surface area contributed by atoms with Gasteiger partial charge in [0.2, 0.25) is 0 Å². The Hall–Kier alpha value is -3.53. The quantitative estimate of drug-likeness (QED) is 0.0134. The van der Waals surface area contributed by atoms with Gasteiger partial charge in [-0.15, -0.1) is 0 Å². The van der Waals surface area contributed by atoms with Gasteiger partial charge in [0, 0.05) is 12.8 Å². The highest BCUT2D eigenvalue weighted by atomic mass is 31.2. The molecule has 1 aliphatic rings. The molecular formula is C51H81O14P. The van der Waals surface area contributed by atoms with Crippen molar-refractivity contribution in [3.8, 4) is 0 Å². The highest BCUT2D eigenvalue weighted by Gasteiger charge is 2.51. The van der Waals surface area contributed by atoms with Gasteiger partial charge in [-0.1, -0.05) is 142 Å². The van der Waals surface area contributed by atoms with Crippen molar-refractivity contribution >= 4 is 19.8 Å². The Balaban J connectivity index is 2.56. The van der Waals surface area contributed by atoms with Gasteiger partial charge in [0.1, 0.15) is 43.2 Å². The normalized spacial score (nSPS) is 22.7. The van der Waals surface area contributed by atoms with Gasteiger partial charge < -0.3 is 45.0 Å². The first-order chi connectivity index (χ1) is 31.8. The third-order valence-electron chi connectivity index (χ3n) is 10.2. The van der Waals surface area contributed by atoms with Crippen molar-refractivity contribution in [3.63, 3.8) is 0 Å². The summed E-state index contributed by atoms with van der Waals surface area (Å²) in [6.45, 7) is 2.95. The Kier molecular flexibility index (Phi) is 36.2. The number of carbonyl (C=O) groups excluding carboxylic acids is 2. The molecule has 0 aromatic rings. The number of phosphoric ester groups is 1. The number of carbonyl (C=O) groups is 2. The van der Waals surface area contributed by atoms with Crippen molar-refractivity contribution < 1.29 is 68.2 Å². The molecule has 0 aromatic heterocycles. The number of rotatable bonds is 37. The zero-order chi connectivity index (χ0) is 48.7. The third-order valence-corrected chi connectivity index (χ3v) is 11.1. The fourth-order valence-corrected chi connectivity index (χ4v) is 7.31. The molecule has 0 aliphatic heterocycles. The van der Waals surface area contributed by atoms with Crippen LogP contribution in [-0.4, -0.2) is 110 Å². The maximum absolute atomic E-state index is 12.8. The lowest BCUT2D eigenvalue weighted by Gasteiger charge is -2.41. The molecule has 4 unspecified atom stereocenters. The van der Waals surface area contributed by atoms with Crippen LogP contribution in [0.5, 0.6) is 0 Å². The average Bonchev–Trinajstić information content (AvgIpc) is 3.29. The van der Waals surface area contributed by atoms with E-state index in [0.29, 0.717) is 32.1 Å². The first-order valence-electron chi connectivity index (χ1n) is 23.8. The van der Waals surface area contributed by atoms with Gasteiger partial charge in [-0.2, -0.15) is 0 Å². The van der Waals surface area contributed by atoms with Crippen LogP contribution in [0.25, 0.3) is 0 Å². The largest absolute Gasteiger partial charge is 0.472 e. The van der Waals surface area contributed by atoms with E-state index in [9.17, 15) is 49.7 Å². The molecule has 0 bridgehead atoms. The third kappa shape index (κ3) is 31.4. The van der Waals surface area contributed by atoms with Gasteiger partial charge in [0.05, 0.1) is 12.7 Å². The van der Waals surface area contributed by atoms with Crippen LogP contribution >= 0.6 is 7.82 Å². The van der Waals surface area contributed by atoms with Crippen LogP contribution < -0.4 is 0 Å². The van der Waals surface area contributed by atoms with Crippen molar-refractivity contribution in [3.05, 3.63) is 109 Å². The summed E-state index contributed by atoms with van der Waals surface area (Å²) in [4.78, 5) is 35.7. The monoisotopic (exact) mass is 949 g/mol. The van der Waals surface area contributed by atoms with Gasteiger partial charge >= 0.3 is 19.8 Å². The molecule has 0 spiro atoms. The van der Waals surface area contributed by atoms with Crippen LogP contribution in [0.2, 0.25) is 0 Å². The Bertz CT molecular complexity index is 1580. The molecule has 7 N–H and O–H groups in total. The molecule has 0 heterocycles. The number of phosphoric acid groups is 1. The highest BCUT2D eigenvalue weighted by Crippen LogP contribution is 2.47. The van der Waals surface area contributed by atoms with Crippen molar-refractivity contribution in [2.45, 2.75) is 185 Å².